The summed E-state index contributed by atoms with van der Waals surface area (Å²) in [7, 11) is 4.04. The van der Waals surface area contributed by atoms with Crippen molar-refractivity contribution in [2.24, 2.45) is 5.92 Å². The summed E-state index contributed by atoms with van der Waals surface area (Å²) < 4.78 is 0. The number of benzene rings is 3. The fourth-order valence-electron chi connectivity index (χ4n) is 4.58. The Morgan fingerprint density at radius 2 is 1.50 bits per heavy atom. The number of hydrogen-bond acceptors (Lipinski definition) is 4. The third-order valence-electron chi connectivity index (χ3n) is 6.58. The van der Waals surface area contributed by atoms with Gasteiger partial charge in [-0.2, -0.15) is 0 Å². The first kappa shape index (κ1) is 23.5. The van der Waals surface area contributed by atoms with Crippen LogP contribution in [0, 0.1) is 16.0 Å². The molecular formula is C28H31N3O3. The largest absolute Gasteiger partial charge is 0.378 e. The average Bonchev–Trinajstić information content (AvgIpc) is 2.88. The minimum absolute atomic E-state index is 0.00420. The first-order valence-corrected chi connectivity index (χ1v) is 11.8. The Labute approximate surface area is 201 Å². The van der Waals surface area contributed by atoms with Crippen molar-refractivity contribution in [1.29, 1.82) is 0 Å². The van der Waals surface area contributed by atoms with Gasteiger partial charge in [0.25, 0.3) is 5.69 Å². The van der Waals surface area contributed by atoms with Gasteiger partial charge in [0.2, 0.25) is 5.91 Å². The van der Waals surface area contributed by atoms with Crippen molar-refractivity contribution in [3.63, 3.8) is 0 Å². The summed E-state index contributed by atoms with van der Waals surface area (Å²) in [5.41, 5.74) is 4.95. The summed E-state index contributed by atoms with van der Waals surface area (Å²) in [5.74, 6) is 0.0334. The lowest BCUT2D eigenvalue weighted by atomic mass is 9.88. The fourth-order valence-corrected chi connectivity index (χ4v) is 4.58. The van der Waals surface area contributed by atoms with Crippen LogP contribution in [0.1, 0.15) is 37.7 Å². The Morgan fingerprint density at radius 1 is 0.882 bits per heavy atom. The van der Waals surface area contributed by atoms with Crippen LogP contribution in [-0.4, -0.2) is 24.9 Å². The maximum atomic E-state index is 13.5. The maximum absolute atomic E-state index is 13.5. The standard InChI is InChI=1S/C28H31N3O3/c1-29(2)25-17-15-23(16-18-25)22-13-11-21(12-14-22)20-30(28(32)24-7-4-3-5-8-24)26-9-6-10-27(19-26)31(33)34/h6,9-19,24H,3-5,7-8,20H2,1-2H3. The van der Waals surface area contributed by atoms with Crippen molar-refractivity contribution in [2.45, 2.75) is 38.6 Å². The van der Waals surface area contributed by atoms with Gasteiger partial charge < -0.3 is 9.80 Å². The lowest BCUT2D eigenvalue weighted by Gasteiger charge is -2.29. The van der Waals surface area contributed by atoms with Crippen molar-refractivity contribution in [2.75, 3.05) is 23.9 Å². The van der Waals surface area contributed by atoms with Gasteiger partial charge in [0.1, 0.15) is 0 Å². The Kier molecular flexibility index (Phi) is 7.26. The summed E-state index contributed by atoms with van der Waals surface area (Å²) in [6.45, 7) is 0.385. The van der Waals surface area contributed by atoms with E-state index in [0.29, 0.717) is 12.2 Å². The second-order valence-electron chi connectivity index (χ2n) is 9.17. The molecule has 0 bridgehead atoms. The molecule has 0 N–H and O–H groups in total. The molecule has 3 aromatic rings. The van der Waals surface area contributed by atoms with Crippen LogP contribution < -0.4 is 9.80 Å². The van der Waals surface area contributed by atoms with Crippen LogP contribution in [0.25, 0.3) is 11.1 Å². The molecule has 1 fully saturated rings. The van der Waals surface area contributed by atoms with Gasteiger partial charge in [-0.25, -0.2) is 0 Å². The van der Waals surface area contributed by atoms with E-state index in [4.69, 9.17) is 0 Å². The molecule has 4 rings (SSSR count). The summed E-state index contributed by atoms with van der Waals surface area (Å²) in [6, 6.07) is 23.0. The highest BCUT2D eigenvalue weighted by Crippen LogP contribution is 2.31. The van der Waals surface area contributed by atoms with Gasteiger partial charge in [-0.15, -0.1) is 0 Å². The van der Waals surface area contributed by atoms with E-state index in [1.165, 1.54) is 12.1 Å². The van der Waals surface area contributed by atoms with Gasteiger partial charge in [-0.1, -0.05) is 61.7 Å². The predicted molar refractivity (Wildman–Crippen MR) is 137 cm³/mol. The Hall–Kier alpha value is -3.67. The van der Waals surface area contributed by atoms with E-state index in [2.05, 4.69) is 41.3 Å². The topological polar surface area (TPSA) is 66.7 Å². The van der Waals surface area contributed by atoms with E-state index in [9.17, 15) is 14.9 Å². The molecule has 176 valence electrons. The molecule has 6 heteroatoms. The number of nitro groups is 1. The van der Waals surface area contributed by atoms with E-state index < -0.39 is 4.92 Å². The fraction of sp³-hybridized carbons (Fsp3) is 0.321. The molecule has 0 aromatic heterocycles. The van der Waals surface area contributed by atoms with Crippen LogP contribution in [0.2, 0.25) is 0 Å². The first-order valence-electron chi connectivity index (χ1n) is 11.8. The zero-order valence-corrected chi connectivity index (χ0v) is 19.8. The second-order valence-corrected chi connectivity index (χ2v) is 9.17. The van der Waals surface area contributed by atoms with Crippen LogP contribution >= 0.6 is 0 Å². The monoisotopic (exact) mass is 457 g/mol. The second kappa shape index (κ2) is 10.5. The molecule has 1 aliphatic rings. The molecule has 0 atom stereocenters. The highest BCUT2D eigenvalue weighted by Gasteiger charge is 2.28. The minimum Gasteiger partial charge on any atom is -0.378 e. The average molecular weight is 458 g/mol. The van der Waals surface area contributed by atoms with Crippen LogP contribution in [0.5, 0.6) is 0 Å². The van der Waals surface area contributed by atoms with Crippen LogP contribution in [0.15, 0.2) is 72.8 Å². The molecular weight excluding hydrogens is 426 g/mol. The Morgan fingerprint density at radius 3 is 2.09 bits per heavy atom. The molecule has 3 aromatic carbocycles. The zero-order valence-electron chi connectivity index (χ0n) is 19.8. The van der Waals surface area contributed by atoms with Gasteiger partial charge >= 0.3 is 0 Å². The molecule has 6 nitrogen and oxygen atoms in total. The maximum Gasteiger partial charge on any atom is 0.271 e. The van der Waals surface area contributed by atoms with Crippen LogP contribution in [0.4, 0.5) is 17.1 Å². The molecule has 1 aliphatic carbocycles. The molecule has 0 unspecified atom stereocenters. The van der Waals surface area contributed by atoms with E-state index in [0.717, 1.165) is 54.5 Å². The van der Waals surface area contributed by atoms with Gasteiger partial charge in [0.05, 0.1) is 17.2 Å². The highest BCUT2D eigenvalue weighted by atomic mass is 16.6. The number of non-ortho nitro benzene ring substituents is 1. The predicted octanol–water partition coefficient (Wildman–Crippen LogP) is 6.44. The summed E-state index contributed by atoms with van der Waals surface area (Å²) in [6.07, 6.45) is 5.04. The lowest BCUT2D eigenvalue weighted by molar-refractivity contribution is -0.384. The SMILES string of the molecule is CN(C)c1ccc(-c2ccc(CN(C(=O)C3CCCCC3)c3cccc([N+](=O)[O-])c3)cc2)cc1. The summed E-state index contributed by atoms with van der Waals surface area (Å²) >= 11 is 0. The van der Waals surface area contributed by atoms with E-state index >= 15 is 0 Å². The smallest absolute Gasteiger partial charge is 0.271 e. The molecule has 0 spiro atoms. The number of carbonyl (C=O) groups is 1. The van der Waals surface area contributed by atoms with E-state index in [1.807, 2.05) is 26.2 Å². The van der Waals surface area contributed by atoms with Gasteiger partial charge in [-0.05, 0) is 47.7 Å². The van der Waals surface area contributed by atoms with Gasteiger partial charge in [0.15, 0.2) is 0 Å². The summed E-state index contributed by atoms with van der Waals surface area (Å²) in [5, 5.41) is 11.3. The van der Waals surface area contributed by atoms with Crippen molar-refractivity contribution in [3.8, 4) is 11.1 Å². The number of carbonyl (C=O) groups excluding carboxylic acids is 1. The number of anilines is 2. The molecule has 0 saturated heterocycles. The first-order chi connectivity index (χ1) is 16.4. The van der Waals surface area contributed by atoms with Gasteiger partial charge in [0, 0.05) is 37.8 Å². The van der Waals surface area contributed by atoms with Crippen molar-refractivity contribution in [1.82, 2.24) is 0 Å². The number of rotatable bonds is 7. The quantitative estimate of drug-likeness (QED) is 0.302. The van der Waals surface area contributed by atoms with Crippen molar-refractivity contribution >= 4 is 23.0 Å². The van der Waals surface area contributed by atoms with Crippen LogP contribution in [-0.2, 0) is 11.3 Å². The third kappa shape index (κ3) is 5.45. The lowest BCUT2D eigenvalue weighted by Crippen LogP contribution is -2.36. The number of amides is 1. The molecule has 0 heterocycles. The number of nitro benzene ring substituents is 1. The zero-order chi connectivity index (χ0) is 24.1. The third-order valence-corrected chi connectivity index (χ3v) is 6.58. The van der Waals surface area contributed by atoms with Crippen LogP contribution in [0.3, 0.4) is 0 Å². The van der Waals surface area contributed by atoms with Gasteiger partial charge in [-0.3, -0.25) is 14.9 Å². The number of nitrogens with zero attached hydrogens (tertiary/aromatic N) is 3. The van der Waals surface area contributed by atoms with Crippen molar-refractivity contribution in [3.05, 3.63) is 88.5 Å². The molecule has 1 amide bonds. The minimum atomic E-state index is -0.414. The molecule has 0 radical (unpaired) electrons. The Balaban J connectivity index is 1.58. The van der Waals surface area contributed by atoms with Crippen molar-refractivity contribution < 1.29 is 9.72 Å². The normalized spacial score (nSPS) is 13.9. The summed E-state index contributed by atoms with van der Waals surface area (Å²) in [4.78, 5) is 28.2. The Bertz CT molecular complexity index is 1130. The van der Waals surface area contributed by atoms with E-state index in [-0.39, 0.29) is 17.5 Å². The molecule has 0 aliphatic heterocycles. The highest BCUT2D eigenvalue weighted by molar-refractivity contribution is 5.95. The number of hydrogen-bond donors (Lipinski definition) is 0. The molecule has 34 heavy (non-hydrogen) atoms. The van der Waals surface area contributed by atoms with E-state index in [1.54, 1.807) is 17.0 Å². The molecule has 1 saturated carbocycles.